The van der Waals surface area contributed by atoms with Gasteiger partial charge in [-0.15, -0.1) is 0 Å². The van der Waals surface area contributed by atoms with Crippen molar-refractivity contribution >= 4 is 16.9 Å². The highest BCUT2D eigenvalue weighted by atomic mass is 19.4. The lowest BCUT2D eigenvalue weighted by atomic mass is 10.0. The van der Waals surface area contributed by atoms with E-state index in [9.17, 15) is 39.5 Å². The summed E-state index contributed by atoms with van der Waals surface area (Å²) in [6.07, 6.45) is -12.8. The molecule has 0 aliphatic heterocycles. The number of carboxylic acid groups (broad SMARTS) is 1. The summed E-state index contributed by atoms with van der Waals surface area (Å²) in [7, 11) is 0. The fourth-order valence-corrected chi connectivity index (χ4v) is 4.13. The molecule has 0 aliphatic carbocycles. The molecule has 0 unspecified atom stereocenters. The first-order valence-electron chi connectivity index (χ1n) is 12.4. The molecule has 4 aromatic rings. The zero-order valence-electron chi connectivity index (χ0n) is 22.3. The molecule has 4 rings (SSSR count). The van der Waals surface area contributed by atoms with Crippen molar-refractivity contribution in [3.8, 4) is 11.8 Å². The van der Waals surface area contributed by atoms with Gasteiger partial charge in [0.25, 0.3) is 0 Å². The molecule has 3 aromatic carbocycles. The summed E-state index contributed by atoms with van der Waals surface area (Å²) < 4.78 is 119. The predicted molar refractivity (Wildman–Crippen MR) is 139 cm³/mol. The van der Waals surface area contributed by atoms with Gasteiger partial charge in [0.05, 0.1) is 22.8 Å². The van der Waals surface area contributed by atoms with Crippen LogP contribution in [0.25, 0.3) is 10.9 Å². The van der Waals surface area contributed by atoms with E-state index in [0.717, 1.165) is 28.6 Å². The van der Waals surface area contributed by atoms with Crippen molar-refractivity contribution in [1.29, 1.82) is 5.26 Å². The second kappa shape index (κ2) is 13.3. The van der Waals surface area contributed by atoms with Crippen LogP contribution in [0.3, 0.4) is 0 Å². The number of ether oxygens (including phenoxy) is 1. The number of alkyl halides is 9. The van der Waals surface area contributed by atoms with E-state index in [1.54, 1.807) is 47.2 Å². The summed E-state index contributed by atoms with van der Waals surface area (Å²) in [4.78, 5) is 8.90. The van der Waals surface area contributed by atoms with Crippen molar-refractivity contribution in [2.24, 2.45) is 5.73 Å². The van der Waals surface area contributed by atoms with E-state index >= 15 is 0 Å². The van der Waals surface area contributed by atoms with Gasteiger partial charge in [0.15, 0.2) is 0 Å². The number of halogens is 9. The Kier molecular flexibility index (Phi) is 10.2. The van der Waals surface area contributed by atoms with Crippen LogP contribution < -0.4 is 10.5 Å². The summed E-state index contributed by atoms with van der Waals surface area (Å²) in [6.45, 7) is 0.306. The third-order valence-corrected chi connectivity index (χ3v) is 6.05. The fraction of sp³-hybridized carbons (Fsp3) is 0.241. The van der Waals surface area contributed by atoms with Gasteiger partial charge in [-0.05, 0) is 78.2 Å². The summed E-state index contributed by atoms with van der Waals surface area (Å²) in [5, 5.41) is 16.9. The molecule has 0 atom stereocenters. The number of benzene rings is 3. The monoisotopic (exact) mass is 631 g/mol. The second-order valence-electron chi connectivity index (χ2n) is 9.32. The number of hydrogen-bond donors (Lipinski definition) is 2. The van der Waals surface area contributed by atoms with Crippen LogP contribution in [0.5, 0.6) is 5.75 Å². The molecule has 44 heavy (non-hydrogen) atoms. The number of hydrogen-bond acceptors (Lipinski definition) is 4. The summed E-state index contributed by atoms with van der Waals surface area (Å²) in [5.74, 6) is -2.24. The number of nitrogens with two attached hydrogens (primary N) is 1. The average molecular weight is 631 g/mol. The molecule has 0 amide bonds. The average Bonchev–Trinajstić information content (AvgIpc) is 3.27. The summed E-state index contributed by atoms with van der Waals surface area (Å²) in [6, 6.07) is 15.7. The molecule has 1 aromatic heterocycles. The van der Waals surface area contributed by atoms with Gasteiger partial charge < -0.3 is 20.1 Å². The lowest BCUT2D eigenvalue weighted by Crippen LogP contribution is -2.21. The summed E-state index contributed by atoms with van der Waals surface area (Å²) >= 11 is 0. The number of carboxylic acids is 1. The van der Waals surface area contributed by atoms with Crippen molar-refractivity contribution in [2.45, 2.75) is 38.1 Å². The minimum Gasteiger partial charge on any atom is -0.489 e. The highest BCUT2D eigenvalue weighted by Crippen LogP contribution is 2.37. The molecule has 0 bridgehead atoms. The molecule has 0 spiro atoms. The van der Waals surface area contributed by atoms with E-state index in [4.69, 9.17) is 25.6 Å². The molecule has 234 valence electrons. The zero-order chi connectivity index (χ0) is 32.9. The number of fused-ring (bicyclic) bond motifs is 1. The van der Waals surface area contributed by atoms with Crippen LogP contribution in [-0.4, -0.2) is 28.4 Å². The lowest BCUT2D eigenvalue weighted by Gasteiger charge is -2.15. The van der Waals surface area contributed by atoms with E-state index in [1.807, 2.05) is 6.07 Å². The van der Waals surface area contributed by atoms with Gasteiger partial charge in [0.2, 0.25) is 0 Å². The van der Waals surface area contributed by atoms with Crippen molar-refractivity contribution in [2.75, 3.05) is 6.54 Å². The standard InChI is InChI=1S/C27H21F6N3O.C2HF3O2/c28-26(29,30)21-9-19(10-22(11-21)27(31,32)33)14-36-15-20(6-7-34)24-12-23(4-5-25(24)36)37-16-18-3-1-2-17(8-18)13-35;3-2(4,5)1(6)7/h1-5,8-12,15H,6-7,14,16,34H2;(H,6,7). The third kappa shape index (κ3) is 8.90. The second-order valence-corrected chi connectivity index (χ2v) is 9.32. The smallest absolute Gasteiger partial charge is 0.489 e. The van der Waals surface area contributed by atoms with Crippen LogP contribution in [-0.2, 0) is 36.7 Å². The largest absolute Gasteiger partial charge is 0.490 e. The Labute approximate surface area is 243 Å². The minimum atomic E-state index is -5.08. The number of nitriles is 1. The van der Waals surface area contributed by atoms with Crippen LogP contribution in [0.4, 0.5) is 39.5 Å². The molecule has 0 saturated carbocycles. The normalized spacial score (nSPS) is 11.9. The number of aliphatic carboxylic acids is 1. The maximum atomic E-state index is 13.3. The molecular weight excluding hydrogens is 609 g/mol. The van der Waals surface area contributed by atoms with Crippen LogP contribution >= 0.6 is 0 Å². The lowest BCUT2D eigenvalue weighted by molar-refractivity contribution is -0.192. The topological polar surface area (TPSA) is 101 Å². The van der Waals surface area contributed by atoms with Crippen molar-refractivity contribution < 1.29 is 54.2 Å². The van der Waals surface area contributed by atoms with Gasteiger partial charge in [0, 0.05) is 23.6 Å². The van der Waals surface area contributed by atoms with E-state index in [1.165, 1.54) is 0 Å². The van der Waals surface area contributed by atoms with Gasteiger partial charge in [-0.2, -0.15) is 44.8 Å². The van der Waals surface area contributed by atoms with E-state index in [-0.39, 0.29) is 24.8 Å². The third-order valence-electron chi connectivity index (χ3n) is 6.05. The van der Waals surface area contributed by atoms with Crippen LogP contribution in [0.2, 0.25) is 0 Å². The van der Waals surface area contributed by atoms with Gasteiger partial charge in [-0.1, -0.05) is 12.1 Å². The van der Waals surface area contributed by atoms with E-state index in [0.29, 0.717) is 29.8 Å². The first kappa shape index (κ1) is 33.8. The first-order chi connectivity index (χ1) is 20.4. The van der Waals surface area contributed by atoms with Gasteiger partial charge >= 0.3 is 24.5 Å². The predicted octanol–water partition coefficient (Wildman–Crippen LogP) is 7.31. The molecule has 0 aliphatic rings. The highest BCUT2D eigenvalue weighted by molar-refractivity contribution is 5.85. The Bertz CT molecular complexity index is 1640. The minimum absolute atomic E-state index is 0.118. The van der Waals surface area contributed by atoms with Crippen molar-refractivity contribution in [1.82, 2.24) is 4.57 Å². The van der Waals surface area contributed by atoms with Crippen LogP contribution in [0.1, 0.15) is 33.4 Å². The van der Waals surface area contributed by atoms with Crippen molar-refractivity contribution in [3.05, 3.63) is 100 Å². The quantitative estimate of drug-likeness (QED) is 0.208. The summed E-state index contributed by atoms with van der Waals surface area (Å²) in [5.41, 5.74) is 5.60. The Balaban J connectivity index is 0.000000676. The molecular formula is C29H22F9N3O3. The number of aromatic nitrogens is 1. The molecule has 6 nitrogen and oxygen atoms in total. The van der Waals surface area contributed by atoms with E-state index < -0.39 is 35.6 Å². The Morgan fingerprint density at radius 2 is 1.50 bits per heavy atom. The van der Waals surface area contributed by atoms with Crippen molar-refractivity contribution in [3.63, 3.8) is 0 Å². The van der Waals surface area contributed by atoms with Gasteiger partial charge in [0.1, 0.15) is 12.4 Å². The van der Waals surface area contributed by atoms with Crippen LogP contribution in [0, 0.1) is 11.3 Å². The van der Waals surface area contributed by atoms with E-state index in [2.05, 4.69) is 6.07 Å². The Hall–Kier alpha value is -4.71. The number of rotatable bonds is 7. The molecule has 15 heteroatoms. The molecule has 1 heterocycles. The maximum Gasteiger partial charge on any atom is 0.490 e. The molecule has 3 N–H and O–H groups in total. The molecule has 0 saturated heterocycles. The first-order valence-corrected chi connectivity index (χ1v) is 12.4. The van der Waals surface area contributed by atoms with Gasteiger partial charge in [-0.25, -0.2) is 4.79 Å². The molecule has 0 radical (unpaired) electrons. The maximum absolute atomic E-state index is 13.3. The highest BCUT2D eigenvalue weighted by Gasteiger charge is 2.38. The Morgan fingerprint density at radius 1 is 0.886 bits per heavy atom. The zero-order valence-corrected chi connectivity index (χ0v) is 22.3. The number of carbonyl (C=O) groups is 1. The Morgan fingerprint density at radius 3 is 2.02 bits per heavy atom. The van der Waals surface area contributed by atoms with Gasteiger partial charge in [-0.3, -0.25) is 0 Å². The fourth-order valence-electron chi connectivity index (χ4n) is 4.13. The molecule has 0 fully saturated rings. The SMILES string of the molecule is N#Cc1cccc(COc2ccc3c(c2)c(CCN)cn3Cc2cc(C(F)(F)F)cc(C(F)(F)F)c2)c1.O=C(O)C(F)(F)F. The number of nitrogens with zero attached hydrogens (tertiary/aromatic N) is 2. The van der Waals surface area contributed by atoms with Crippen LogP contribution in [0.15, 0.2) is 66.9 Å².